The van der Waals surface area contributed by atoms with Crippen LogP contribution in [0.15, 0.2) is 54.7 Å². The van der Waals surface area contributed by atoms with Gasteiger partial charge in [0.25, 0.3) is 5.91 Å². The van der Waals surface area contributed by atoms with Crippen LogP contribution in [0.4, 0.5) is 4.39 Å². The van der Waals surface area contributed by atoms with Gasteiger partial charge in [-0.25, -0.2) is 9.37 Å². The molecule has 154 valence electrons. The summed E-state index contributed by atoms with van der Waals surface area (Å²) in [7, 11) is 0. The maximum Gasteiger partial charge on any atom is 0.256 e. The fourth-order valence-corrected chi connectivity index (χ4v) is 4.65. The maximum absolute atomic E-state index is 14.1. The predicted octanol–water partition coefficient (Wildman–Crippen LogP) is 4.16. The molecular weight excluding hydrogens is 381 g/mol. The molecule has 0 saturated carbocycles. The van der Waals surface area contributed by atoms with Crippen molar-refractivity contribution in [1.82, 2.24) is 14.5 Å². The molecule has 1 aromatic heterocycles. The highest BCUT2D eigenvalue weighted by atomic mass is 19.1. The van der Waals surface area contributed by atoms with Gasteiger partial charge in [-0.15, -0.1) is 0 Å². The zero-order chi connectivity index (χ0) is 20.7. The Morgan fingerprint density at radius 2 is 1.83 bits per heavy atom. The van der Waals surface area contributed by atoms with Crippen molar-refractivity contribution in [3.05, 3.63) is 77.5 Å². The Morgan fingerprint density at radius 3 is 2.57 bits per heavy atom. The Hall–Kier alpha value is -2.99. The van der Waals surface area contributed by atoms with Crippen LogP contribution in [0.2, 0.25) is 0 Å². The summed E-state index contributed by atoms with van der Waals surface area (Å²) in [4.78, 5) is 19.2. The van der Waals surface area contributed by atoms with E-state index in [1.165, 1.54) is 11.6 Å². The lowest BCUT2D eigenvalue weighted by Crippen LogP contribution is -2.52. The molecule has 0 atom stereocenters. The van der Waals surface area contributed by atoms with Crippen LogP contribution in [-0.4, -0.2) is 40.1 Å². The number of halogens is 1. The molecule has 6 heteroatoms. The highest BCUT2D eigenvalue weighted by molar-refractivity contribution is 5.94. The van der Waals surface area contributed by atoms with Crippen molar-refractivity contribution in [2.75, 3.05) is 19.7 Å². The van der Waals surface area contributed by atoms with Crippen LogP contribution in [0.25, 0.3) is 11.3 Å². The van der Waals surface area contributed by atoms with Crippen molar-refractivity contribution in [3.63, 3.8) is 0 Å². The molecule has 1 spiro atoms. The highest BCUT2D eigenvalue weighted by Crippen LogP contribution is 2.39. The first-order valence-electron chi connectivity index (χ1n) is 10.3. The minimum atomic E-state index is -0.470. The van der Waals surface area contributed by atoms with Gasteiger partial charge in [0.15, 0.2) is 0 Å². The molecule has 2 aromatic carbocycles. The Kier molecular flexibility index (Phi) is 4.66. The maximum atomic E-state index is 14.1. The Balaban J connectivity index is 1.43. The van der Waals surface area contributed by atoms with E-state index in [1.54, 1.807) is 23.1 Å². The molecule has 0 N–H and O–H groups in total. The largest absolute Gasteiger partial charge is 0.371 e. The predicted molar refractivity (Wildman–Crippen MR) is 112 cm³/mol. The van der Waals surface area contributed by atoms with Crippen molar-refractivity contribution < 1.29 is 13.9 Å². The zero-order valence-electron chi connectivity index (χ0n) is 17.0. The van der Waals surface area contributed by atoms with Crippen LogP contribution in [0.5, 0.6) is 0 Å². The first-order valence-corrected chi connectivity index (χ1v) is 10.3. The van der Waals surface area contributed by atoms with E-state index in [-0.39, 0.29) is 17.0 Å². The summed E-state index contributed by atoms with van der Waals surface area (Å²) in [6.45, 7) is 4.28. The Labute approximate surface area is 175 Å². The van der Waals surface area contributed by atoms with Gasteiger partial charge in [-0.2, -0.15) is 0 Å². The summed E-state index contributed by atoms with van der Waals surface area (Å²) in [5, 5.41) is 0. The number of aryl methyl sites for hydroxylation is 1. The molecule has 2 aliphatic heterocycles. The number of fused-ring (bicyclic) bond motifs is 2. The fraction of sp³-hybridized carbons (Fsp3) is 0.333. The smallest absolute Gasteiger partial charge is 0.256 e. The monoisotopic (exact) mass is 405 g/mol. The van der Waals surface area contributed by atoms with E-state index in [4.69, 9.17) is 4.74 Å². The Morgan fingerprint density at radius 1 is 1.10 bits per heavy atom. The second kappa shape index (κ2) is 7.36. The third-order valence-corrected chi connectivity index (χ3v) is 6.34. The van der Waals surface area contributed by atoms with E-state index in [0.717, 1.165) is 29.9 Å². The lowest BCUT2D eigenvalue weighted by Gasteiger charge is -2.46. The van der Waals surface area contributed by atoms with Crippen molar-refractivity contribution >= 4 is 5.91 Å². The number of rotatable bonds is 2. The molecule has 5 rings (SSSR count). The van der Waals surface area contributed by atoms with Gasteiger partial charge >= 0.3 is 0 Å². The van der Waals surface area contributed by atoms with Crippen molar-refractivity contribution in [3.8, 4) is 11.3 Å². The van der Waals surface area contributed by atoms with E-state index in [9.17, 15) is 9.18 Å². The van der Waals surface area contributed by atoms with E-state index < -0.39 is 5.82 Å². The van der Waals surface area contributed by atoms with Gasteiger partial charge in [0.1, 0.15) is 18.2 Å². The van der Waals surface area contributed by atoms with Gasteiger partial charge in [-0.3, -0.25) is 4.79 Å². The number of aromatic nitrogens is 2. The normalized spacial score (nSPS) is 17.7. The summed E-state index contributed by atoms with van der Waals surface area (Å²) in [5.41, 5.74) is 3.33. The molecule has 5 nitrogen and oxygen atoms in total. The third kappa shape index (κ3) is 3.12. The minimum Gasteiger partial charge on any atom is -0.371 e. The number of likely N-dealkylation sites (tertiary alicyclic amines) is 1. The van der Waals surface area contributed by atoms with Gasteiger partial charge in [-0.1, -0.05) is 42.0 Å². The second-order valence-electron chi connectivity index (χ2n) is 8.25. The van der Waals surface area contributed by atoms with E-state index in [1.807, 2.05) is 6.20 Å². The van der Waals surface area contributed by atoms with Crippen molar-refractivity contribution in [2.45, 2.75) is 31.9 Å². The molecule has 0 aliphatic carbocycles. The second-order valence-corrected chi connectivity index (χ2v) is 8.25. The van der Waals surface area contributed by atoms with E-state index >= 15 is 0 Å². The number of carbonyl (C=O) groups excluding carboxylic acids is 1. The van der Waals surface area contributed by atoms with E-state index in [0.29, 0.717) is 26.3 Å². The molecule has 0 unspecified atom stereocenters. The number of hydrogen-bond donors (Lipinski definition) is 0. The molecule has 0 bridgehead atoms. The van der Waals surface area contributed by atoms with Crippen LogP contribution in [0, 0.1) is 12.7 Å². The van der Waals surface area contributed by atoms with Crippen molar-refractivity contribution in [1.29, 1.82) is 0 Å². The average molecular weight is 405 g/mol. The molecule has 1 saturated heterocycles. The number of hydrogen-bond acceptors (Lipinski definition) is 3. The zero-order valence-corrected chi connectivity index (χ0v) is 17.0. The SMILES string of the molecule is Cc1ccc(-c2cnc3n2C2(CCN(C(=O)c4ccccc4F)CC2)COC3)cc1. The standard InChI is InChI=1S/C24H24FN3O2/c1-17-6-8-18(9-7-17)21-14-26-22-15-30-16-24(28(21)22)10-12-27(13-11-24)23(29)19-4-2-3-5-20(19)25/h2-9,14H,10-13,15-16H2,1H3. The topological polar surface area (TPSA) is 47.4 Å². The average Bonchev–Trinajstić information content (AvgIpc) is 3.21. The number of ether oxygens (including phenoxy) is 1. The van der Waals surface area contributed by atoms with Gasteiger partial charge in [0.2, 0.25) is 0 Å². The quantitative estimate of drug-likeness (QED) is 0.643. The number of amides is 1. The van der Waals surface area contributed by atoms with Crippen LogP contribution in [0.3, 0.4) is 0 Å². The lowest BCUT2D eigenvalue weighted by molar-refractivity contribution is -0.0275. The number of piperidine rings is 1. The van der Waals surface area contributed by atoms with Crippen molar-refractivity contribution in [2.24, 2.45) is 0 Å². The molecular formula is C24H24FN3O2. The van der Waals surface area contributed by atoms with Gasteiger partial charge in [0.05, 0.1) is 29.6 Å². The van der Waals surface area contributed by atoms with Crippen LogP contribution in [0.1, 0.15) is 34.6 Å². The summed E-state index contributed by atoms with van der Waals surface area (Å²) in [6.07, 6.45) is 3.41. The summed E-state index contributed by atoms with van der Waals surface area (Å²) in [6, 6.07) is 14.6. The summed E-state index contributed by atoms with van der Waals surface area (Å²) >= 11 is 0. The minimum absolute atomic E-state index is 0.136. The molecule has 3 heterocycles. The number of benzene rings is 2. The summed E-state index contributed by atoms with van der Waals surface area (Å²) in [5.74, 6) is 0.206. The van der Waals surface area contributed by atoms with Gasteiger partial charge < -0.3 is 14.2 Å². The molecule has 0 radical (unpaired) electrons. The Bertz CT molecular complexity index is 1080. The first-order chi connectivity index (χ1) is 14.6. The van der Waals surface area contributed by atoms with Gasteiger partial charge in [0, 0.05) is 13.1 Å². The molecule has 30 heavy (non-hydrogen) atoms. The van der Waals surface area contributed by atoms with Gasteiger partial charge in [-0.05, 0) is 37.5 Å². The fourth-order valence-electron chi connectivity index (χ4n) is 4.65. The molecule has 3 aromatic rings. The summed E-state index contributed by atoms with van der Waals surface area (Å²) < 4.78 is 22.3. The number of nitrogens with zero attached hydrogens (tertiary/aromatic N) is 3. The highest BCUT2D eigenvalue weighted by Gasteiger charge is 2.43. The number of carbonyl (C=O) groups is 1. The molecule has 2 aliphatic rings. The van der Waals surface area contributed by atoms with E-state index in [2.05, 4.69) is 40.7 Å². The number of imidazole rings is 1. The molecule has 1 fully saturated rings. The van der Waals surface area contributed by atoms with Crippen LogP contribution in [-0.2, 0) is 16.9 Å². The lowest BCUT2D eigenvalue weighted by atomic mass is 9.86. The first kappa shape index (κ1) is 19.0. The van der Waals surface area contributed by atoms with Crippen LogP contribution < -0.4 is 0 Å². The molecule has 1 amide bonds. The third-order valence-electron chi connectivity index (χ3n) is 6.34. The van der Waals surface area contributed by atoms with Crippen LogP contribution >= 0.6 is 0 Å².